The van der Waals surface area contributed by atoms with E-state index < -0.39 is 5.97 Å². The number of nitrogens with zero attached hydrogens (tertiary/aromatic N) is 1. The Kier molecular flexibility index (Phi) is 11.7. The zero-order valence-electron chi connectivity index (χ0n) is 18.3. The van der Waals surface area contributed by atoms with Crippen LogP contribution < -0.4 is 9.47 Å². The van der Waals surface area contributed by atoms with E-state index in [1.807, 2.05) is 51.1 Å². The Morgan fingerprint density at radius 1 is 1.10 bits per heavy atom. The van der Waals surface area contributed by atoms with Gasteiger partial charge in [0.2, 0.25) is 0 Å². The number of carboxylic acid groups (broad SMARTS) is 1. The topological polar surface area (TPSA) is 79.6 Å². The summed E-state index contributed by atoms with van der Waals surface area (Å²) >= 11 is 6.00. The van der Waals surface area contributed by atoms with Gasteiger partial charge in [-0.3, -0.25) is 4.79 Å². The van der Waals surface area contributed by atoms with Crippen LogP contribution in [0.15, 0.2) is 42.5 Å². The number of nitriles is 1. The molecule has 2 unspecified atom stereocenters. The standard InChI is InChI=1S/C23H22ClNO4.C2H6/c1-3-4-18(11-23(26)27)17-5-8-20(9-6-17)28-14-16(2)15-29-21-10-7-19(13-25)22(24)12-21;1-2/h5-10,12,16,18H,11,14-15H2,1-2H3,(H,26,27);1-2H3. The Morgan fingerprint density at radius 2 is 1.68 bits per heavy atom. The minimum atomic E-state index is -0.879. The number of aliphatic carboxylic acids is 1. The Bertz CT molecular complexity index is 939. The Labute approximate surface area is 189 Å². The van der Waals surface area contributed by atoms with Crippen molar-refractivity contribution in [1.82, 2.24) is 0 Å². The highest BCUT2D eigenvalue weighted by Crippen LogP contribution is 2.24. The van der Waals surface area contributed by atoms with E-state index >= 15 is 0 Å². The van der Waals surface area contributed by atoms with Crippen molar-refractivity contribution in [3.8, 4) is 29.4 Å². The molecule has 0 saturated heterocycles. The van der Waals surface area contributed by atoms with Crippen LogP contribution in [0.5, 0.6) is 11.5 Å². The molecule has 0 aromatic heterocycles. The maximum absolute atomic E-state index is 11.0. The summed E-state index contributed by atoms with van der Waals surface area (Å²) in [5, 5.41) is 18.3. The number of carbonyl (C=O) groups is 1. The predicted molar refractivity (Wildman–Crippen MR) is 123 cm³/mol. The van der Waals surface area contributed by atoms with Gasteiger partial charge >= 0.3 is 5.97 Å². The first kappa shape index (κ1) is 25.9. The van der Waals surface area contributed by atoms with Crippen molar-refractivity contribution < 1.29 is 19.4 Å². The molecule has 0 saturated carbocycles. The molecule has 2 aromatic rings. The average Bonchev–Trinajstić information content (AvgIpc) is 2.77. The van der Waals surface area contributed by atoms with Crippen LogP contribution in [-0.2, 0) is 4.79 Å². The minimum Gasteiger partial charge on any atom is -0.493 e. The Morgan fingerprint density at radius 3 is 2.19 bits per heavy atom. The summed E-state index contributed by atoms with van der Waals surface area (Å²) in [5.74, 6) is 5.91. The highest BCUT2D eigenvalue weighted by molar-refractivity contribution is 6.31. The number of benzene rings is 2. The number of ether oxygens (including phenoxy) is 2. The molecule has 0 aliphatic carbocycles. The van der Waals surface area contributed by atoms with Gasteiger partial charge in [-0.2, -0.15) is 5.26 Å². The van der Waals surface area contributed by atoms with E-state index in [1.54, 1.807) is 25.1 Å². The second kappa shape index (κ2) is 14.0. The number of rotatable bonds is 9. The fraction of sp³-hybridized carbons (Fsp3) is 0.360. The summed E-state index contributed by atoms with van der Waals surface area (Å²) in [5.41, 5.74) is 1.26. The van der Waals surface area contributed by atoms with Gasteiger partial charge in [-0.1, -0.05) is 50.4 Å². The third kappa shape index (κ3) is 9.03. The summed E-state index contributed by atoms with van der Waals surface area (Å²) in [7, 11) is 0. The van der Waals surface area contributed by atoms with Gasteiger partial charge in [0.15, 0.2) is 0 Å². The smallest absolute Gasteiger partial charge is 0.304 e. The van der Waals surface area contributed by atoms with E-state index in [0.29, 0.717) is 35.3 Å². The number of halogens is 1. The first-order valence-corrected chi connectivity index (χ1v) is 10.5. The van der Waals surface area contributed by atoms with Crippen LogP contribution in [0.2, 0.25) is 5.02 Å². The van der Waals surface area contributed by atoms with Gasteiger partial charge in [-0.25, -0.2) is 0 Å². The van der Waals surface area contributed by atoms with E-state index in [1.165, 1.54) is 0 Å². The molecule has 0 heterocycles. The van der Waals surface area contributed by atoms with Crippen LogP contribution >= 0.6 is 11.6 Å². The first-order valence-electron chi connectivity index (χ1n) is 10.1. The Hall–Kier alpha value is -3.15. The monoisotopic (exact) mass is 441 g/mol. The van der Waals surface area contributed by atoms with Crippen LogP contribution in [-0.4, -0.2) is 24.3 Å². The maximum Gasteiger partial charge on any atom is 0.304 e. The molecule has 31 heavy (non-hydrogen) atoms. The molecule has 164 valence electrons. The van der Waals surface area contributed by atoms with Gasteiger partial charge in [0.1, 0.15) is 17.6 Å². The second-order valence-corrected chi connectivity index (χ2v) is 7.00. The number of hydrogen-bond donors (Lipinski definition) is 1. The zero-order valence-corrected chi connectivity index (χ0v) is 19.1. The zero-order chi connectivity index (χ0) is 23.2. The van der Waals surface area contributed by atoms with E-state index in [-0.39, 0.29) is 18.3 Å². The molecule has 6 heteroatoms. The van der Waals surface area contributed by atoms with Crippen LogP contribution in [0, 0.1) is 29.1 Å². The first-order chi connectivity index (χ1) is 14.9. The molecular formula is C25H28ClNO4. The van der Waals surface area contributed by atoms with Crippen molar-refractivity contribution in [3.05, 3.63) is 58.6 Å². The second-order valence-electron chi connectivity index (χ2n) is 6.59. The largest absolute Gasteiger partial charge is 0.493 e. The molecule has 2 aromatic carbocycles. The normalized spacial score (nSPS) is 11.5. The van der Waals surface area contributed by atoms with Gasteiger partial charge in [-0.15, -0.1) is 5.92 Å². The summed E-state index contributed by atoms with van der Waals surface area (Å²) in [6, 6.07) is 14.3. The minimum absolute atomic E-state index is 0.0330. The van der Waals surface area contributed by atoms with E-state index in [0.717, 1.165) is 5.56 Å². The fourth-order valence-electron chi connectivity index (χ4n) is 2.60. The quantitative estimate of drug-likeness (QED) is 0.489. The third-order valence-electron chi connectivity index (χ3n) is 4.11. The van der Waals surface area contributed by atoms with Crippen molar-refractivity contribution in [2.24, 2.45) is 5.92 Å². The molecule has 0 fully saturated rings. The van der Waals surface area contributed by atoms with Gasteiger partial charge in [0, 0.05) is 12.0 Å². The van der Waals surface area contributed by atoms with E-state index in [4.69, 9.17) is 31.4 Å². The van der Waals surface area contributed by atoms with Crippen molar-refractivity contribution >= 4 is 17.6 Å². The van der Waals surface area contributed by atoms with Crippen LogP contribution in [0.4, 0.5) is 0 Å². The lowest BCUT2D eigenvalue weighted by molar-refractivity contribution is -0.137. The highest BCUT2D eigenvalue weighted by Gasteiger charge is 2.13. The fourth-order valence-corrected chi connectivity index (χ4v) is 2.81. The summed E-state index contributed by atoms with van der Waals surface area (Å²) in [6.45, 7) is 8.59. The highest BCUT2D eigenvalue weighted by atomic mass is 35.5. The SMILES string of the molecule is CC.CC#CC(CC(=O)O)c1ccc(OCC(C)COc2ccc(C#N)c(Cl)c2)cc1. The molecule has 0 aliphatic heterocycles. The molecule has 0 radical (unpaired) electrons. The third-order valence-corrected chi connectivity index (χ3v) is 4.42. The van der Waals surface area contributed by atoms with Crippen LogP contribution in [0.25, 0.3) is 0 Å². The lowest BCUT2D eigenvalue weighted by Crippen LogP contribution is -2.16. The van der Waals surface area contributed by atoms with Gasteiger partial charge in [0.05, 0.1) is 36.1 Å². The molecule has 2 atom stereocenters. The molecule has 2 rings (SSSR count). The van der Waals surface area contributed by atoms with E-state index in [9.17, 15) is 4.79 Å². The molecule has 0 amide bonds. The van der Waals surface area contributed by atoms with Crippen molar-refractivity contribution in [1.29, 1.82) is 5.26 Å². The van der Waals surface area contributed by atoms with Crippen LogP contribution in [0.3, 0.4) is 0 Å². The lowest BCUT2D eigenvalue weighted by Gasteiger charge is -2.15. The average molecular weight is 442 g/mol. The van der Waals surface area contributed by atoms with Crippen molar-refractivity contribution in [2.45, 2.75) is 40.0 Å². The molecular weight excluding hydrogens is 414 g/mol. The number of hydrogen-bond acceptors (Lipinski definition) is 4. The predicted octanol–water partition coefficient (Wildman–Crippen LogP) is 5.91. The van der Waals surface area contributed by atoms with Gasteiger partial charge in [0.25, 0.3) is 0 Å². The molecule has 0 spiro atoms. The number of carboxylic acids is 1. The van der Waals surface area contributed by atoms with E-state index in [2.05, 4.69) is 11.8 Å². The van der Waals surface area contributed by atoms with Crippen molar-refractivity contribution in [3.63, 3.8) is 0 Å². The molecule has 0 bridgehead atoms. The lowest BCUT2D eigenvalue weighted by atomic mass is 9.96. The maximum atomic E-state index is 11.0. The summed E-state index contributed by atoms with van der Waals surface area (Å²) in [4.78, 5) is 11.0. The molecule has 0 aliphatic rings. The van der Waals surface area contributed by atoms with Gasteiger partial charge in [-0.05, 0) is 36.8 Å². The van der Waals surface area contributed by atoms with Crippen LogP contribution in [0.1, 0.15) is 51.2 Å². The van der Waals surface area contributed by atoms with Crippen molar-refractivity contribution in [2.75, 3.05) is 13.2 Å². The summed E-state index contributed by atoms with van der Waals surface area (Å²) in [6.07, 6.45) is -0.0330. The molecule has 5 nitrogen and oxygen atoms in total. The molecule has 1 N–H and O–H groups in total. The van der Waals surface area contributed by atoms with Gasteiger partial charge < -0.3 is 14.6 Å². The Balaban J connectivity index is 0.00000233. The summed E-state index contributed by atoms with van der Waals surface area (Å²) < 4.78 is 11.5.